The average molecular weight is 406 g/mol. The molecule has 1 fully saturated rings. The number of halogens is 1. The molecule has 13 nitrogen and oxygen atoms in total. The van der Waals surface area contributed by atoms with Gasteiger partial charge in [-0.1, -0.05) is 0 Å². The van der Waals surface area contributed by atoms with Gasteiger partial charge in [0.1, 0.15) is 31.0 Å². The molecule has 1 aromatic heterocycles. The highest BCUT2D eigenvalue weighted by molar-refractivity contribution is 5.84. The number of nitrogens with one attached hydrogen (secondary N) is 3. The molecule has 0 aliphatic carbocycles. The van der Waals surface area contributed by atoms with Gasteiger partial charge < -0.3 is 35.8 Å². The van der Waals surface area contributed by atoms with Gasteiger partial charge >= 0.3 is 5.69 Å². The number of aliphatic hydroxyl groups excluding tert-OH is 4. The Morgan fingerprint density at radius 2 is 1.86 bits per heavy atom. The first-order valence-electron chi connectivity index (χ1n) is 8.00. The summed E-state index contributed by atoms with van der Waals surface area (Å²) in [4.78, 5) is 47.7. The minimum absolute atomic E-state index is 0.536. The number of aromatic amines is 1. The number of ether oxygens (including phenoxy) is 1. The van der Waals surface area contributed by atoms with Gasteiger partial charge in [0, 0.05) is 0 Å². The minimum Gasteiger partial charge on any atom is -0.394 e. The number of amides is 2. The highest BCUT2D eigenvalue weighted by Crippen LogP contribution is 2.19. The van der Waals surface area contributed by atoms with Crippen LogP contribution in [0.5, 0.6) is 0 Å². The first kappa shape index (κ1) is 21.6. The molecular formula is C14H19FN4O9. The average Bonchev–Trinajstić information content (AvgIpc) is 2.65. The van der Waals surface area contributed by atoms with Gasteiger partial charge in [-0.25, -0.2) is 4.79 Å². The molecule has 5 atom stereocenters. The van der Waals surface area contributed by atoms with E-state index in [4.69, 9.17) is 9.84 Å². The Morgan fingerprint density at radius 1 is 1.18 bits per heavy atom. The number of carbonyl (C=O) groups is 2. The number of carbonyl (C=O) groups excluding carboxylic acids is 2. The van der Waals surface area contributed by atoms with Crippen molar-refractivity contribution in [1.82, 2.24) is 20.2 Å². The zero-order valence-electron chi connectivity index (χ0n) is 14.2. The van der Waals surface area contributed by atoms with Crippen LogP contribution in [0.1, 0.15) is 0 Å². The number of rotatable bonds is 6. The van der Waals surface area contributed by atoms with E-state index < -0.39 is 79.2 Å². The molecule has 156 valence electrons. The number of aromatic nitrogens is 2. The Morgan fingerprint density at radius 3 is 2.50 bits per heavy atom. The van der Waals surface area contributed by atoms with E-state index in [1.54, 1.807) is 4.98 Å². The fourth-order valence-corrected chi connectivity index (χ4v) is 2.42. The van der Waals surface area contributed by atoms with Crippen LogP contribution in [0.2, 0.25) is 0 Å². The molecule has 2 heterocycles. The van der Waals surface area contributed by atoms with Gasteiger partial charge in [0.15, 0.2) is 6.23 Å². The molecule has 0 spiro atoms. The maximum Gasteiger partial charge on any atom is 0.328 e. The summed E-state index contributed by atoms with van der Waals surface area (Å²) in [5, 5.41) is 42.4. The van der Waals surface area contributed by atoms with Crippen LogP contribution in [0.15, 0.2) is 15.8 Å². The molecule has 1 aliphatic heterocycles. The van der Waals surface area contributed by atoms with Gasteiger partial charge in [0.05, 0.1) is 19.3 Å². The second-order valence-corrected chi connectivity index (χ2v) is 5.96. The summed E-state index contributed by atoms with van der Waals surface area (Å²) in [7, 11) is 0. The molecule has 0 saturated carbocycles. The summed E-state index contributed by atoms with van der Waals surface area (Å²) in [6.45, 7) is -1.99. The second-order valence-electron chi connectivity index (χ2n) is 5.96. The summed E-state index contributed by atoms with van der Waals surface area (Å²) in [5.41, 5.74) is -2.26. The van der Waals surface area contributed by atoms with E-state index in [1.807, 2.05) is 0 Å². The van der Waals surface area contributed by atoms with Gasteiger partial charge in [-0.3, -0.25) is 23.9 Å². The van der Waals surface area contributed by atoms with Crippen molar-refractivity contribution in [3.63, 3.8) is 0 Å². The summed E-state index contributed by atoms with van der Waals surface area (Å²) >= 11 is 0. The van der Waals surface area contributed by atoms with Crippen LogP contribution in [0.3, 0.4) is 0 Å². The van der Waals surface area contributed by atoms with E-state index in [-0.39, 0.29) is 0 Å². The topological polar surface area (TPSA) is 203 Å². The zero-order chi connectivity index (χ0) is 21.0. The molecule has 0 unspecified atom stereocenters. The van der Waals surface area contributed by atoms with Crippen LogP contribution in [0.25, 0.3) is 0 Å². The van der Waals surface area contributed by atoms with E-state index in [2.05, 4.69) is 10.6 Å². The third-order valence-electron chi connectivity index (χ3n) is 3.92. The Labute approximate surface area is 155 Å². The molecule has 0 aromatic carbocycles. The fraction of sp³-hybridized carbons (Fsp3) is 0.571. The third kappa shape index (κ3) is 4.99. The van der Waals surface area contributed by atoms with Crippen molar-refractivity contribution in [3.05, 3.63) is 32.9 Å². The van der Waals surface area contributed by atoms with Crippen LogP contribution < -0.4 is 21.9 Å². The Hall–Kier alpha value is -2.65. The lowest BCUT2D eigenvalue weighted by molar-refractivity contribution is -0.235. The Balaban J connectivity index is 1.88. The van der Waals surface area contributed by atoms with Gasteiger partial charge in [-0.2, -0.15) is 4.39 Å². The van der Waals surface area contributed by atoms with E-state index in [0.717, 1.165) is 0 Å². The lowest BCUT2D eigenvalue weighted by Gasteiger charge is -2.40. The van der Waals surface area contributed by atoms with E-state index >= 15 is 0 Å². The lowest BCUT2D eigenvalue weighted by Crippen LogP contribution is -2.63. The summed E-state index contributed by atoms with van der Waals surface area (Å²) in [6.07, 6.45) is -7.12. The maximum absolute atomic E-state index is 13.1. The van der Waals surface area contributed by atoms with Gasteiger partial charge in [0.25, 0.3) is 5.56 Å². The minimum atomic E-state index is -1.69. The first-order valence-corrected chi connectivity index (χ1v) is 8.00. The van der Waals surface area contributed by atoms with E-state index in [9.17, 15) is 38.9 Å². The van der Waals surface area contributed by atoms with Crippen LogP contribution in [0, 0.1) is 5.82 Å². The molecule has 1 aromatic rings. The number of aliphatic hydroxyl groups is 4. The molecule has 2 amide bonds. The Kier molecular flexibility index (Phi) is 6.98. The standard InChI is InChI=1S/C14H19FN4O9/c15-5-2-19(14(27)18-12(5)26)3-8(22)16-1-7(21)17-13-11(25)10(24)9(23)6(4-20)28-13/h2,6,9-11,13,20,23-25H,1,3-4H2,(H,16,22)(H,17,21)(H,18,26,27)/t6-,9+,10+,11-,13-/m1/s1. The third-order valence-corrected chi connectivity index (χ3v) is 3.92. The van der Waals surface area contributed by atoms with Crippen molar-refractivity contribution in [1.29, 1.82) is 0 Å². The van der Waals surface area contributed by atoms with Crippen LogP contribution in [-0.2, 0) is 20.9 Å². The smallest absolute Gasteiger partial charge is 0.328 e. The van der Waals surface area contributed by atoms with E-state index in [0.29, 0.717) is 10.8 Å². The van der Waals surface area contributed by atoms with Crippen molar-refractivity contribution in [2.45, 2.75) is 37.2 Å². The molecule has 7 N–H and O–H groups in total. The number of nitrogens with zero attached hydrogens (tertiary/aromatic N) is 1. The van der Waals surface area contributed by atoms with Crippen molar-refractivity contribution >= 4 is 11.8 Å². The van der Waals surface area contributed by atoms with Crippen molar-refractivity contribution < 1.29 is 39.1 Å². The summed E-state index contributed by atoms with van der Waals surface area (Å²) < 4.78 is 18.8. The molecule has 28 heavy (non-hydrogen) atoms. The van der Waals surface area contributed by atoms with E-state index in [1.165, 1.54) is 0 Å². The van der Waals surface area contributed by atoms with Crippen LogP contribution in [0.4, 0.5) is 4.39 Å². The normalized spacial score (nSPS) is 27.2. The highest BCUT2D eigenvalue weighted by atomic mass is 19.1. The second kappa shape index (κ2) is 9.03. The quantitative estimate of drug-likeness (QED) is 0.241. The highest BCUT2D eigenvalue weighted by Gasteiger charge is 2.43. The SMILES string of the molecule is O=C(Cn1cc(F)c(=O)[nH]c1=O)NCC(=O)N[C@@H]1O[C@H](CO)[C@H](O)[C@H](O)[C@H]1O. The largest absolute Gasteiger partial charge is 0.394 e. The van der Waals surface area contributed by atoms with Crippen LogP contribution >= 0.6 is 0 Å². The van der Waals surface area contributed by atoms with Gasteiger partial charge in [-0.15, -0.1) is 0 Å². The van der Waals surface area contributed by atoms with Crippen molar-refractivity contribution in [2.75, 3.05) is 13.2 Å². The zero-order valence-corrected chi connectivity index (χ0v) is 14.2. The summed E-state index contributed by atoms with van der Waals surface area (Å²) in [6, 6.07) is 0. The van der Waals surface area contributed by atoms with Gasteiger partial charge in [0.2, 0.25) is 17.6 Å². The van der Waals surface area contributed by atoms with Crippen molar-refractivity contribution in [2.24, 2.45) is 0 Å². The predicted molar refractivity (Wildman–Crippen MR) is 86.2 cm³/mol. The first-order chi connectivity index (χ1) is 13.1. The van der Waals surface area contributed by atoms with Gasteiger partial charge in [-0.05, 0) is 0 Å². The summed E-state index contributed by atoms with van der Waals surface area (Å²) in [5.74, 6) is -3.00. The monoisotopic (exact) mass is 406 g/mol. The fourth-order valence-electron chi connectivity index (χ4n) is 2.42. The molecular weight excluding hydrogens is 387 g/mol. The molecule has 1 aliphatic rings. The predicted octanol–water partition coefficient (Wildman–Crippen LogP) is -5.29. The van der Waals surface area contributed by atoms with Crippen LogP contribution in [-0.4, -0.2) is 85.6 Å². The number of hydrogen-bond donors (Lipinski definition) is 7. The molecule has 14 heteroatoms. The lowest BCUT2D eigenvalue weighted by atomic mass is 9.98. The van der Waals surface area contributed by atoms with Crippen molar-refractivity contribution in [3.8, 4) is 0 Å². The Bertz CT molecular complexity index is 839. The number of hydrogen-bond acceptors (Lipinski definition) is 9. The maximum atomic E-state index is 13.1. The molecule has 0 radical (unpaired) electrons. The molecule has 0 bridgehead atoms. The molecule has 1 saturated heterocycles. The number of H-pyrrole nitrogens is 1. The molecule has 2 rings (SSSR count).